The van der Waals surface area contributed by atoms with Crippen LogP contribution in [0.15, 0.2) is 12.4 Å². The van der Waals surface area contributed by atoms with Gasteiger partial charge < -0.3 is 9.88 Å². The van der Waals surface area contributed by atoms with Crippen molar-refractivity contribution in [3.63, 3.8) is 0 Å². The van der Waals surface area contributed by atoms with Gasteiger partial charge in [-0.15, -0.1) is 0 Å². The normalized spacial score (nSPS) is 27.9. The molecule has 2 heterocycles. The Bertz CT molecular complexity index is 292. The third-order valence-corrected chi connectivity index (χ3v) is 3.06. The van der Waals surface area contributed by atoms with Gasteiger partial charge in [-0.2, -0.15) is 0 Å². The molecule has 1 aliphatic rings. The number of hydrogen-bond donors (Lipinski definition) is 1. The van der Waals surface area contributed by atoms with E-state index in [1.165, 1.54) is 25.1 Å². The van der Waals surface area contributed by atoms with Gasteiger partial charge in [0.1, 0.15) is 5.82 Å². The molecule has 0 aromatic carbocycles. The van der Waals surface area contributed by atoms with Crippen molar-refractivity contribution < 1.29 is 0 Å². The van der Waals surface area contributed by atoms with E-state index in [0.29, 0.717) is 12.1 Å². The molecular weight excluding hydrogens is 174 g/mol. The molecule has 1 aliphatic heterocycles. The lowest BCUT2D eigenvalue weighted by Gasteiger charge is -2.28. The summed E-state index contributed by atoms with van der Waals surface area (Å²) in [4.78, 5) is 4.36. The maximum atomic E-state index is 4.36. The van der Waals surface area contributed by atoms with E-state index < -0.39 is 0 Å². The van der Waals surface area contributed by atoms with Gasteiger partial charge in [0.15, 0.2) is 0 Å². The Labute approximate surface area is 85.5 Å². The van der Waals surface area contributed by atoms with Crippen molar-refractivity contribution in [1.82, 2.24) is 14.9 Å². The molecule has 78 valence electrons. The summed E-state index contributed by atoms with van der Waals surface area (Å²) < 4.78 is 2.11. The van der Waals surface area contributed by atoms with Crippen LogP contribution in [0.2, 0.25) is 0 Å². The first kappa shape index (κ1) is 9.71. The van der Waals surface area contributed by atoms with Crippen molar-refractivity contribution in [1.29, 1.82) is 0 Å². The maximum absolute atomic E-state index is 4.36. The molecule has 3 heteroatoms. The summed E-state index contributed by atoms with van der Waals surface area (Å²) in [6.07, 6.45) is 8.91. The predicted molar refractivity (Wildman–Crippen MR) is 57.1 cm³/mol. The summed E-state index contributed by atoms with van der Waals surface area (Å²) >= 11 is 0. The zero-order chi connectivity index (χ0) is 9.97. The second-order valence-corrected chi connectivity index (χ2v) is 4.35. The van der Waals surface area contributed by atoms with E-state index in [9.17, 15) is 0 Å². The second-order valence-electron chi connectivity index (χ2n) is 4.35. The van der Waals surface area contributed by atoms with E-state index in [0.717, 1.165) is 6.42 Å². The van der Waals surface area contributed by atoms with Gasteiger partial charge in [-0.3, -0.25) is 0 Å². The Morgan fingerprint density at radius 3 is 3.07 bits per heavy atom. The Hall–Kier alpha value is -0.830. The van der Waals surface area contributed by atoms with Crippen LogP contribution in [0.3, 0.4) is 0 Å². The summed E-state index contributed by atoms with van der Waals surface area (Å²) in [7, 11) is 2.06. The van der Waals surface area contributed by atoms with E-state index in [1.54, 1.807) is 0 Å². The summed E-state index contributed by atoms with van der Waals surface area (Å²) in [6, 6.07) is 1.30. The highest BCUT2D eigenvalue weighted by Gasteiger charge is 2.18. The van der Waals surface area contributed by atoms with Crippen LogP contribution in [0.25, 0.3) is 0 Å². The lowest BCUT2D eigenvalue weighted by atomic mass is 9.97. The molecule has 2 rings (SSSR count). The number of nitrogens with zero attached hydrogens (tertiary/aromatic N) is 2. The second kappa shape index (κ2) is 4.13. The van der Waals surface area contributed by atoms with Crippen molar-refractivity contribution >= 4 is 0 Å². The van der Waals surface area contributed by atoms with Crippen molar-refractivity contribution in [2.45, 2.75) is 44.7 Å². The van der Waals surface area contributed by atoms with E-state index in [2.05, 4.69) is 28.8 Å². The molecule has 0 aliphatic carbocycles. The number of piperidine rings is 1. The molecule has 1 saturated heterocycles. The Balaban J connectivity index is 1.94. The summed E-state index contributed by atoms with van der Waals surface area (Å²) in [5.41, 5.74) is 0. The molecule has 0 spiro atoms. The SMILES string of the molecule is CC1CCCC(Cc2nccn2C)N1. The van der Waals surface area contributed by atoms with Crippen LogP contribution in [-0.4, -0.2) is 21.6 Å². The highest BCUT2D eigenvalue weighted by Crippen LogP contribution is 2.15. The minimum absolute atomic E-state index is 0.625. The standard InChI is InChI=1S/C11H19N3/c1-9-4-3-5-10(13-9)8-11-12-6-7-14(11)2/h6-7,9-10,13H,3-5,8H2,1-2H3. The molecule has 0 radical (unpaired) electrons. The topological polar surface area (TPSA) is 29.9 Å². The summed E-state index contributed by atoms with van der Waals surface area (Å²) in [6.45, 7) is 2.27. The number of imidazole rings is 1. The molecule has 1 N–H and O–H groups in total. The number of aryl methyl sites for hydroxylation is 1. The van der Waals surface area contributed by atoms with Gasteiger partial charge >= 0.3 is 0 Å². The van der Waals surface area contributed by atoms with Crippen molar-refractivity contribution in [2.24, 2.45) is 7.05 Å². The molecule has 14 heavy (non-hydrogen) atoms. The molecule has 3 nitrogen and oxygen atoms in total. The first-order valence-corrected chi connectivity index (χ1v) is 5.48. The van der Waals surface area contributed by atoms with Gasteiger partial charge in [0.05, 0.1) is 0 Å². The summed E-state index contributed by atoms with van der Waals surface area (Å²) in [5, 5.41) is 3.63. The number of nitrogens with one attached hydrogen (secondary N) is 1. The molecule has 0 bridgehead atoms. The average Bonchev–Trinajstić information content (AvgIpc) is 2.52. The largest absolute Gasteiger partial charge is 0.338 e. The highest BCUT2D eigenvalue weighted by atomic mass is 15.0. The van der Waals surface area contributed by atoms with Gasteiger partial charge in [0.25, 0.3) is 0 Å². The maximum Gasteiger partial charge on any atom is 0.109 e. The Morgan fingerprint density at radius 2 is 2.43 bits per heavy atom. The Morgan fingerprint density at radius 1 is 1.57 bits per heavy atom. The smallest absolute Gasteiger partial charge is 0.109 e. The van der Waals surface area contributed by atoms with Gasteiger partial charge in [-0.25, -0.2) is 4.98 Å². The van der Waals surface area contributed by atoms with Crippen LogP contribution in [-0.2, 0) is 13.5 Å². The van der Waals surface area contributed by atoms with Crippen LogP contribution in [0, 0.1) is 0 Å². The van der Waals surface area contributed by atoms with Crippen LogP contribution in [0.1, 0.15) is 32.0 Å². The van der Waals surface area contributed by atoms with Crippen LogP contribution < -0.4 is 5.32 Å². The molecular formula is C11H19N3. The van der Waals surface area contributed by atoms with Crippen LogP contribution in [0.5, 0.6) is 0 Å². The van der Waals surface area contributed by atoms with Gasteiger partial charge in [0, 0.05) is 37.9 Å². The summed E-state index contributed by atoms with van der Waals surface area (Å²) in [5.74, 6) is 1.19. The zero-order valence-corrected chi connectivity index (χ0v) is 9.03. The first-order chi connectivity index (χ1) is 6.75. The quantitative estimate of drug-likeness (QED) is 0.771. The van der Waals surface area contributed by atoms with Crippen molar-refractivity contribution in [2.75, 3.05) is 0 Å². The third kappa shape index (κ3) is 2.15. The third-order valence-electron chi connectivity index (χ3n) is 3.06. The molecule has 1 fully saturated rings. The molecule has 0 amide bonds. The number of rotatable bonds is 2. The van der Waals surface area contributed by atoms with E-state index >= 15 is 0 Å². The fourth-order valence-electron chi connectivity index (χ4n) is 2.21. The van der Waals surface area contributed by atoms with E-state index in [-0.39, 0.29) is 0 Å². The van der Waals surface area contributed by atoms with Gasteiger partial charge in [-0.1, -0.05) is 6.42 Å². The van der Waals surface area contributed by atoms with Crippen LogP contribution in [0.4, 0.5) is 0 Å². The molecule has 0 saturated carbocycles. The fraction of sp³-hybridized carbons (Fsp3) is 0.727. The van der Waals surface area contributed by atoms with Crippen LogP contribution >= 0.6 is 0 Å². The molecule has 1 aromatic rings. The molecule has 1 aromatic heterocycles. The minimum atomic E-state index is 0.625. The lowest BCUT2D eigenvalue weighted by Crippen LogP contribution is -2.42. The van der Waals surface area contributed by atoms with Crippen molar-refractivity contribution in [3.05, 3.63) is 18.2 Å². The molecule has 2 atom stereocenters. The van der Waals surface area contributed by atoms with E-state index in [4.69, 9.17) is 0 Å². The van der Waals surface area contributed by atoms with E-state index in [1.807, 2.05) is 12.4 Å². The van der Waals surface area contributed by atoms with Crippen molar-refractivity contribution in [3.8, 4) is 0 Å². The first-order valence-electron chi connectivity index (χ1n) is 5.48. The molecule has 2 unspecified atom stereocenters. The predicted octanol–water partition coefficient (Wildman–Crippen LogP) is 1.49. The van der Waals surface area contributed by atoms with Gasteiger partial charge in [-0.05, 0) is 19.8 Å². The van der Waals surface area contributed by atoms with Gasteiger partial charge in [0.2, 0.25) is 0 Å². The number of hydrogen-bond acceptors (Lipinski definition) is 2. The minimum Gasteiger partial charge on any atom is -0.338 e. The monoisotopic (exact) mass is 193 g/mol. The zero-order valence-electron chi connectivity index (χ0n) is 9.03. The lowest BCUT2D eigenvalue weighted by molar-refractivity contribution is 0.329. The Kier molecular flexibility index (Phi) is 2.87. The average molecular weight is 193 g/mol. The fourth-order valence-corrected chi connectivity index (χ4v) is 2.21. The number of aromatic nitrogens is 2. The highest BCUT2D eigenvalue weighted by molar-refractivity contribution is 4.95.